The number of nitrogens with zero attached hydrogens (tertiary/aromatic N) is 1. The van der Waals surface area contributed by atoms with Gasteiger partial charge in [0.05, 0.1) is 4.88 Å². The van der Waals surface area contributed by atoms with Crippen molar-refractivity contribution in [3.8, 4) is 0 Å². The zero-order chi connectivity index (χ0) is 15.5. The van der Waals surface area contributed by atoms with Crippen LogP contribution < -0.4 is 10.6 Å². The molecule has 23 heavy (non-hydrogen) atoms. The molecule has 0 spiro atoms. The second-order valence-corrected chi connectivity index (χ2v) is 7.20. The summed E-state index contributed by atoms with van der Waals surface area (Å²) in [5, 5.41) is 8.12. The fourth-order valence-electron chi connectivity index (χ4n) is 3.45. The van der Waals surface area contributed by atoms with Crippen molar-refractivity contribution in [3.05, 3.63) is 22.4 Å². The zero-order valence-corrected chi connectivity index (χ0v) is 14.9. The Kier molecular flexibility index (Phi) is 6.44. The van der Waals surface area contributed by atoms with Crippen LogP contribution in [0.25, 0.3) is 0 Å². The highest BCUT2D eigenvalue weighted by atomic mass is 35.5. The topological polar surface area (TPSA) is 61.4 Å². The lowest BCUT2D eigenvalue weighted by molar-refractivity contribution is -0.132. The van der Waals surface area contributed by atoms with E-state index in [0.29, 0.717) is 16.7 Å². The minimum absolute atomic E-state index is 0. The van der Waals surface area contributed by atoms with Crippen LogP contribution in [-0.4, -0.2) is 48.9 Å². The lowest BCUT2D eigenvalue weighted by atomic mass is 9.92. The number of likely N-dealkylation sites (tertiary alicyclic amines) is 1. The molecule has 2 aliphatic heterocycles. The molecule has 1 unspecified atom stereocenters. The third-order valence-corrected chi connectivity index (χ3v) is 5.66. The van der Waals surface area contributed by atoms with Crippen LogP contribution in [0.2, 0.25) is 0 Å². The average molecular weight is 358 g/mol. The first-order valence-corrected chi connectivity index (χ1v) is 8.87. The van der Waals surface area contributed by atoms with Crippen molar-refractivity contribution in [1.82, 2.24) is 15.5 Å². The molecule has 0 bridgehead atoms. The predicted molar refractivity (Wildman–Crippen MR) is 94.2 cm³/mol. The Labute approximate surface area is 147 Å². The molecule has 0 radical (unpaired) electrons. The summed E-state index contributed by atoms with van der Waals surface area (Å²) >= 11 is 1.39. The Bertz CT molecular complexity index is 523. The maximum atomic E-state index is 12.6. The SMILES string of the molecule is CC(NC(=O)c1cccs1)C(=O)N1CC[C@@H]2CNC[C@@H]2CC1.Cl. The highest BCUT2D eigenvalue weighted by Crippen LogP contribution is 2.27. The minimum atomic E-state index is -0.467. The molecule has 1 aromatic heterocycles. The summed E-state index contributed by atoms with van der Waals surface area (Å²) in [6.45, 7) is 5.55. The number of thiophene rings is 1. The van der Waals surface area contributed by atoms with E-state index in [2.05, 4.69) is 10.6 Å². The fourth-order valence-corrected chi connectivity index (χ4v) is 4.08. The summed E-state index contributed by atoms with van der Waals surface area (Å²) in [6.07, 6.45) is 2.13. The Balaban J connectivity index is 0.00000192. The summed E-state index contributed by atoms with van der Waals surface area (Å²) in [5.41, 5.74) is 0. The van der Waals surface area contributed by atoms with Crippen molar-refractivity contribution in [2.75, 3.05) is 26.2 Å². The second-order valence-electron chi connectivity index (χ2n) is 6.25. The molecule has 0 aromatic carbocycles. The molecule has 2 amide bonds. The molecule has 3 atom stereocenters. The van der Waals surface area contributed by atoms with Gasteiger partial charge in [-0.2, -0.15) is 0 Å². The molecule has 5 nitrogen and oxygen atoms in total. The van der Waals surface area contributed by atoms with Gasteiger partial charge >= 0.3 is 0 Å². The van der Waals surface area contributed by atoms with Gasteiger partial charge in [0.15, 0.2) is 0 Å². The first-order valence-electron chi connectivity index (χ1n) is 7.99. The van der Waals surface area contributed by atoms with Crippen molar-refractivity contribution < 1.29 is 9.59 Å². The molecule has 0 saturated carbocycles. The Hall–Kier alpha value is -1.11. The first kappa shape index (κ1) is 18.2. The molecule has 3 rings (SSSR count). The maximum absolute atomic E-state index is 12.6. The number of carbonyl (C=O) groups excluding carboxylic acids is 2. The molecule has 7 heteroatoms. The van der Waals surface area contributed by atoms with Crippen molar-refractivity contribution in [2.24, 2.45) is 11.8 Å². The van der Waals surface area contributed by atoms with Crippen LogP contribution >= 0.6 is 23.7 Å². The van der Waals surface area contributed by atoms with E-state index in [0.717, 1.165) is 39.0 Å². The van der Waals surface area contributed by atoms with Crippen LogP contribution in [0.4, 0.5) is 0 Å². The van der Waals surface area contributed by atoms with Crippen molar-refractivity contribution >= 4 is 35.6 Å². The molecule has 3 heterocycles. The lowest BCUT2D eigenvalue weighted by Gasteiger charge is -2.25. The molecular weight excluding hydrogens is 334 g/mol. The fraction of sp³-hybridized carbons (Fsp3) is 0.625. The van der Waals surface area contributed by atoms with E-state index in [-0.39, 0.29) is 24.2 Å². The average Bonchev–Trinajstić information content (AvgIpc) is 3.15. The van der Waals surface area contributed by atoms with E-state index in [9.17, 15) is 9.59 Å². The van der Waals surface area contributed by atoms with Gasteiger partial charge in [0.1, 0.15) is 6.04 Å². The van der Waals surface area contributed by atoms with Crippen LogP contribution in [0.5, 0.6) is 0 Å². The smallest absolute Gasteiger partial charge is 0.261 e. The predicted octanol–water partition coefficient (Wildman–Crippen LogP) is 1.75. The summed E-state index contributed by atoms with van der Waals surface area (Å²) < 4.78 is 0. The van der Waals surface area contributed by atoms with Crippen molar-refractivity contribution in [2.45, 2.75) is 25.8 Å². The van der Waals surface area contributed by atoms with Crippen LogP contribution in [0.1, 0.15) is 29.4 Å². The number of hydrogen-bond acceptors (Lipinski definition) is 4. The first-order chi connectivity index (χ1) is 10.6. The summed E-state index contributed by atoms with van der Waals surface area (Å²) in [5.74, 6) is 1.28. The number of halogens is 1. The number of amides is 2. The maximum Gasteiger partial charge on any atom is 0.261 e. The van der Waals surface area contributed by atoms with Gasteiger partial charge in [-0.1, -0.05) is 6.07 Å². The van der Waals surface area contributed by atoms with Crippen LogP contribution in [-0.2, 0) is 4.79 Å². The number of nitrogens with one attached hydrogen (secondary N) is 2. The molecule has 1 aromatic rings. The Morgan fingerprint density at radius 1 is 1.30 bits per heavy atom. The largest absolute Gasteiger partial charge is 0.341 e. The van der Waals surface area contributed by atoms with Crippen LogP contribution in [0.15, 0.2) is 17.5 Å². The van der Waals surface area contributed by atoms with E-state index < -0.39 is 6.04 Å². The van der Waals surface area contributed by atoms with E-state index in [1.807, 2.05) is 16.3 Å². The van der Waals surface area contributed by atoms with Gasteiger partial charge < -0.3 is 15.5 Å². The monoisotopic (exact) mass is 357 g/mol. The molecule has 2 aliphatic rings. The van der Waals surface area contributed by atoms with E-state index in [1.165, 1.54) is 11.3 Å². The number of carbonyl (C=O) groups is 2. The van der Waals surface area contributed by atoms with Gasteiger partial charge in [0, 0.05) is 13.1 Å². The van der Waals surface area contributed by atoms with E-state index in [1.54, 1.807) is 13.0 Å². The zero-order valence-electron chi connectivity index (χ0n) is 13.3. The molecule has 0 aliphatic carbocycles. The molecule has 2 saturated heterocycles. The van der Waals surface area contributed by atoms with Crippen molar-refractivity contribution in [1.29, 1.82) is 0 Å². The van der Waals surface area contributed by atoms with Crippen LogP contribution in [0.3, 0.4) is 0 Å². The quantitative estimate of drug-likeness (QED) is 0.866. The third-order valence-electron chi connectivity index (χ3n) is 4.79. The van der Waals surface area contributed by atoms with Gasteiger partial charge in [0.25, 0.3) is 5.91 Å². The van der Waals surface area contributed by atoms with Gasteiger partial charge in [-0.05, 0) is 56.1 Å². The number of rotatable bonds is 3. The van der Waals surface area contributed by atoms with E-state index >= 15 is 0 Å². The highest BCUT2D eigenvalue weighted by molar-refractivity contribution is 7.12. The summed E-state index contributed by atoms with van der Waals surface area (Å²) in [6, 6.07) is 3.15. The molecular formula is C16H24ClN3O2S. The molecule has 128 valence electrons. The van der Waals surface area contributed by atoms with Gasteiger partial charge in [0.2, 0.25) is 5.91 Å². The normalized spacial score (nSPS) is 25.0. The number of fused-ring (bicyclic) bond motifs is 1. The van der Waals surface area contributed by atoms with Gasteiger partial charge in [-0.3, -0.25) is 9.59 Å². The van der Waals surface area contributed by atoms with Gasteiger partial charge in [-0.25, -0.2) is 0 Å². The summed E-state index contributed by atoms with van der Waals surface area (Å²) in [7, 11) is 0. The summed E-state index contributed by atoms with van der Waals surface area (Å²) in [4.78, 5) is 27.2. The Morgan fingerprint density at radius 3 is 2.52 bits per heavy atom. The third kappa shape index (κ3) is 4.25. The highest BCUT2D eigenvalue weighted by Gasteiger charge is 2.32. The minimum Gasteiger partial charge on any atom is -0.341 e. The Morgan fingerprint density at radius 2 is 1.96 bits per heavy atom. The van der Waals surface area contributed by atoms with E-state index in [4.69, 9.17) is 0 Å². The molecule has 2 fully saturated rings. The number of hydrogen-bond donors (Lipinski definition) is 2. The van der Waals surface area contributed by atoms with Crippen LogP contribution in [0, 0.1) is 11.8 Å². The lowest BCUT2D eigenvalue weighted by Crippen LogP contribution is -2.47. The molecule has 2 N–H and O–H groups in total. The van der Waals surface area contributed by atoms with Gasteiger partial charge in [-0.15, -0.1) is 23.7 Å². The van der Waals surface area contributed by atoms with Crippen molar-refractivity contribution in [3.63, 3.8) is 0 Å². The second kappa shape index (κ2) is 8.13. The standard InChI is InChI=1S/C16H23N3O2S.ClH/c1-11(18-15(20)14-3-2-8-22-14)16(21)19-6-4-12-9-17-10-13(12)5-7-19;/h2-3,8,11-13,17H,4-7,9-10H2,1H3,(H,18,20);1H/t11?,12-,13+;.